The predicted molar refractivity (Wildman–Crippen MR) is 52.2 cm³/mol. The Balaban J connectivity index is 2.62. The van der Waals surface area contributed by atoms with Crippen molar-refractivity contribution in [2.75, 3.05) is 7.11 Å². The lowest BCUT2D eigenvalue weighted by Gasteiger charge is -2.01. The molecule has 4 heteroatoms. The van der Waals surface area contributed by atoms with Crippen molar-refractivity contribution in [3.8, 4) is 5.88 Å². The van der Waals surface area contributed by atoms with Gasteiger partial charge in [-0.15, -0.1) is 0 Å². The number of carbonyl (C=O) groups excluding carboxylic acids is 1. The minimum atomic E-state index is 0.202. The lowest BCUT2D eigenvalue weighted by atomic mass is 10.1. The average Bonchev–Trinajstić information content (AvgIpc) is 2.18. The van der Waals surface area contributed by atoms with Crippen molar-refractivity contribution >= 4 is 5.78 Å². The Hall–Kier alpha value is -1.45. The monoisotopic (exact) mass is 194 g/mol. The lowest BCUT2D eigenvalue weighted by Crippen LogP contribution is -2.04. The number of aromatic nitrogens is 2. The van der Waals surface area contributed by atoms with Gasteiger partial charge in [0.25, 0.3) is 0 Å². The molecule has 76 valence electrons. The Labute approximate surface area is 83.3 Å². The zero-order valence-corrected chi connectivity index (χ0v) is 8.49. The largest absolute Gasteiger partial charge is 0.481 e. The Morgan fingerprint density at radius 1 is 1.50 bits per heavy atom. The van der Waals surface area contributed by atoms with E-state index < -0.39 is 0 Å². The number of rotatable bonds is 5. The number of Topliss-reactive ketones (excluding diaryl/α,β-unsaturated/α-hetero) is 1. The fourth-order valence-electron chi connectivity index (χ4n) is 1.15. The number of hydrogen-bond acceptors (Lipinski definition) is 4. The molecule has 0 spiro atoms. The molecule has 1 rings (SSSR count). The second kappa shape index (κ2) is 5.32. The molecule has 0 N–H and O–H groups in total. The molecule has 14 heavy (non-hydrogen) atoms. The molecule has 0 atom stereocenters. The van der Waals surface area contributed by atoms with Crippen LogP contribution in [0.5, 0.6) is 5.88 Å². The first-order valence-electron chi connectivity index (χ1n) is 4.63. The minimum Gasteiger partial charge on any atom is -0.481 e. The topological polar surface area (TPSA) is 52.1 Å². The Morgan fingerprint density at radius 2 is 2.29 bits per heavy atom. The molecule has 1 aromatic rings. The van der Waals surface area contributed by atoms with Gasteiger partial charge in [0.2, 0.25) is 5.88 Å². The Kier molecular flexibility index (Phi) is 4.04. The van der Waals surface area contributed by atoms with Crippen LogP contribution in [-0.4, -0.2) is 22.9 Å². The SMILES string of the molecule is CCCC(=O)Cc1cc(OC)ncn1. The summed E-state index contributed by atoms with van der Waals surface area (Å²) in [6.45, 7) is 1.98. The maximum absolute atomic E-state index is 11.3. The van der Waals surface area contributed by atoms with Crippen LogP contribution in [0.3, 0.4) is 0 Å². The van der Waals surface area contributed by atoms with Crippen LogP contribution >= 0.6 is 0 Å². The van der Waals surface area contributed by atoms with E-state index in [4.69, 9.17) is 4.74 Å². The number of methoxy groups -OCH3 is 1. The van der Waals surface area contributed by atoms with Crippen molar-refractivity contribution < 1.29 is 9.53 Å². The Morgan fingerprint density at radius 3 is 2.93 bits per heavy atom. The molecule has 0 saturated carbocycles. The molecule has 0 radical (unpaired) electrons. The van der Waals surface area contributed by atoms with E-state index in [0.717, 1.165) is 12.1 Å². The first-order valence-corrected chi connectivity index (χ1v) is 4.63. The van der Waals surface area contributed by atoms with Crippen molar-refractivity contribution in [3.05, 3.63) is 18.1 Å². The fraction of sp³-hybridized carbons (Fsp3) is 0.500. The second-order valence-electron chi connectivity index (χ2n) is 3.02. The van der Waals surface area contributed by atoms with E-state index in [0.29, 0.717) is 18.7 Å². The molecule has 0 saturated heterocycles. The van der Waals surface area contributed by atoms with Crippen LogP contribution in [0.4, 0.5) is 0 Å². The van der Waals surface area contributed by atoms with Gasteiger partial charge in [0.15, 0.2) is 0 Å². The number of hydrogen-bond donors (Lipinski definition) is 0. The standard InChI is InChI=1S/C10H14N2O2/c1-3-4-9(13)5-8-6-10(14-2)12-7-11-8/h6-7H,3-5H2,1-2H3. The third-order valence-corrected chi connectivity index (χ3v) is 1.81. The molecular formula is C10H14N2O2. The smallest absolute Gasteiger partial charge is 0.216 e. The maximum atomic E-state index is 11.3. The van der Waals surface area contributed by atoms with Gasteiger partial charge >= 0.3 is 0 Å². The van der Waals surface area contributed by atoms with Crippen molar-refractivity contribution in [1.29, 1.82) is 0 Å². The summed E-state index contributed by atoms with van der Waals surface area (Å²) in [5.74, 6) is 0.701. The second-order valence-corrected chi connectivity index (χ2v) is 3.02. The van der Waals surface area contributed by atoms with Crippen LogP contribution < -0.4 is 4.74 Å². The third-order valence-electron chi connectivity index (χ3n) is 1.81. The fourth-order valence-corrected chi connectivity index (χ4v) is 1.15. The summed E-state index contributed by atoms with van der Waals surface area (Å²) in [5.41, 5.74) is 0.718. The van der Waals surface area contributed by atoms with E-state index in [2.05, 4.69) is 9.97 Å². The summed E-state index contributed by atoms with van der Waals surface area (Å²) in [7, 11) is 1.54. The van der Waals surface area contributed by atoms with Gasteiger partial charge in [-0.3, -0.25) is 4.79 Å². The molecule has 1 heterocycles. The van der Waals surface area contributed by atoms with E-state index in [-0.39, 0.29) is 5.78 Å². The van der Waals surface area contributed by atoms with Gasteiger partial charge in [-0.05, 0) is 6.42 Å². The molecule has 0 unspecified atom stereocenters. The van der Waals surface area contributed by atoms with E-state index in [1.807, 2.05) is 6.92 Å². The molecule has 0 amide bonds. The summed E-state index contributed by atoms with van der Waals surface area (Å²) in [6.07, 6.45) is 3.26. The van der Waals surface area contributed by atoms with Gasteiger partial charge in [0, 0.05) is 18.9 Å². The minimum absolute atomic E-state index is 0.202. The molecule has 0 aliphatic heterocycles. The zero-order valence-electron chi connectivity index (χ0n) is 8.49. The normalized spacial score (nSPS) is 9.86. The highest BCUT2D eigenvalue weighted by molar-refractivity contribution is 5.80. The van der Waals surface area contributed by atoms with Crippen molar-refractivity contribution in [1.82, 2.24) is 9.97 Å². The van der Waals surface area contributed by atoms with Crippen LogP contribution in [0.2, 0.25) is 0 Å². The van der Waals surface area contributed by atoms with Crippen molar-refractivity contribution in [3.63, 3.8) is 0 Å². The third kappa shape index (κ3) is 3.12. The summed E-state index contributed by atoms with van der Waals surface area (Å²) in [6, 6.07) is 1.69. The van der Waals surface area contributed by atoms with Gasteiger partial charge in [0.1, 0.15) is 12.1 Å². The van der Waals surface area contributed by atoms with Gasteiger partial charge in [-0.25, -0.2) is 9.97 Å². The van der Waals surface area contributed by atoms with Crippen LogP contribution in [0.1, 0.15) is 25.5 Å². The first-order chi connectivity index (χ1) is 6.76. The number of ether oxygens (including phenoxy) is 1. The molecule has 0 aliphatic rings. The first kappa shape index (κ1) is 10.6. The van der Waals surface area contributed by atoms with Crippen molar-refractivity contribution in [2.24, 2.45) is 0 Å². The summed E-state index contributed by atoms with van der Waals surface area (Å²) >= 11 is 0. The highest BCUT2D eigenvalue weighted by Gasteiger charge is 2.04. The summed E-state index contributed by atoms with van der Waals surface area (Å²) in [4.78, 5) is 19.2. The number of nitrogens with zero attached hydrogens (tertiary/aromatic N) is 2. The molecule has 0 aromatic carbocycles. The molecule has 4 nitrogen and oxygen atoms in total. The molecule has 1 aromatic heterocycles. The molecule has 0 bridgehead atoms. The van der Waals surface area contributed by atoms with Gasteiger partial charge in [0.05, 0.1) is 12.8 Å². The van der Waals surface area contributed by atoms with Gasteiger partial charge < -0.3 is 4.74 Å². The van der Waals surface area contributed by atoms with E-state index in [1.165, 1.54) is 6.33 Å². The highest BCUT2D eigenvalue weighted by atomic mass is 16.5. The summed E-state index contributed by atoms with van der Waals surface area (Å²) in [5, 5.41) is 0. The average molecular weight is 194 g/mol. The van der Waals surface area contributed by atoms with Crippen molar-refractivity contribution in [2.45, 2.75) is 26.2 Å². The van der Waals surface area contributed by atoms with E-state index in [1.54, 1.807) is 13.2 Å². The van der Waals surface area contributed by atoms with Crippen LogP contribution in [0.25, 0.3) is 0 Å². The number of carbonyl (C=O) groups is 1. The van der Waals surface area contributed by atoms with E-state index >= 15 is 0 Å². The van der Waals surface area contributed by atoms with E-state index in [9.17, 15) is 4.79 Å². The Bertz CT molecular complexity index is 313. The number of ketones is 1. The maximum Gasteiger partial charge on any atom is 0.216 e. The summed E-state index contributed by atoms with van der Waals surface area (Å²) < 4.78 is 4.93. The predicted octanol–water partition coefficient (Wildman–Crippen LogP) is 1.40. The quantitative estimate of drug-likeness (QED) is 0.710. The lowest BCUT2D eigenvalue weighted by molar-refractivity contribution is -0.118. The molecule has 0 fully saturated rings. The van der Waals surface area contributed by atoms with Gasteiger partial charge in [-0.1, -0.05) is 6.92 Å². The zero-order chi connectivity index (χ0) is 10.4. The van der Waals surface area contributed by atoms with Crippen LogP contribution in [-0.2, 0) is 11.2 Å². The molecular weight excluding hydrogens is 180 g/mol. The highest BCUT2D eigenvalue weighted by Crippen LogP contribution is 2.07. The van der Waals surface area contributed by atoms with Crippen LogP contribution in [0.15, 0.2) is 12.4 Å². The van der Waals surface area contributed by atoms with Crippen LogP contribution in [0, 0.1) is 0 Å². The van der Waals surface area contributed by atoms with Gasteiger partial charge in [-0.2, -0.15) is 0 Å². The molecule has 0 aliphatic carbocycles.